The molecule has 0 saturated carbocycles. The zero-order valence-electron chi connectivity index (χ0n) is 31.3. The number of benzene rings is 2. The van der Waals surface area contributed by atoms with E-state index in [1.165, 1.54) is 128 Å². The fraction of sp³-hybridized carbons (Fsp3) is 0.667. The molecule has 2 rings (SSSR count). The highest BCUT2D eigenvalue weighted by atomic mass is 16.2. The van der Waals surface area contributed by atoms with Crippen molar-refractivity contribution in [2.75, 3.05) is 23.7 Å². The second-order valence-corrected chi connectivity index (χ2v) is 14.3. The maximum atomic E-state index is 12.1. The van der Waals surface area contributed by atoms with E-state index >= 15 is 0 Å². The first-order valence-electron chi connectivity index (χ1n) is 19.6. The van der Waals surface area contributed by atoms with Gasteiger partial charge in [0.2, 0.25) is 0 Å². The minimum atomic E-state index is -0.103. The van der Waals surface area contributed by atoms with Gasteiger partial charge in [0, 0.05) is 24.5 Å². The van der Waals surface area contributed by atoms with Crippen LogP contribution in [0.5, 0.6) is 0 Å². The van der Waals surface area contributed by atoms with Crippen molar-refractivity contribution >= 4 is 23.4 Å². The minimum Gasteiger partial charge on any atom is -0.338 e. The number of anilines is 2. The van der Waals surface area contributed by atoms with Crippen LogP contribution in [0.2, 0.25) is 0 Å². The molecule has 0 radical (unpaired) electrons. The molecule has 0 aliphatic carbocycles. The Morgan fingerprint density at radius 2 is 0.562 bits per heavy atom. The number of hydrogen-bond acceptors (Lipinski definition) is 2. The molecule has 0 bridgehead atoms. The van der Waals surface area contributed by atoms with Crippen LogP contribution in [0.1, 0.15) is 164 Å². The van der Waals surface area contributed by atoms with Crippen LogP contribution in [-0.2, 0) is 0 Å². The van der Waals surface area contributed by atoms with Crippen molar-refractivity contribution < 1.29 is 9.59 Å². The fourth-order valence-electron chi connectivity index (χ4n) is 6.63. The molecule has 4 amide bonds. The van der Waals surface area contributed by atoms with E-state index in [1.54, 1.807) is 0 Å². The Labute approximate surface area is 294 Å². The van der Waals surface area contributed by atoms with Crippen LogP contribution in [0.15, 0.2) is 36.4 Å². The summed E-state index contributed by atoms with van der Waals surface area (Å²) in [6.45, 7) is 9.69. The van der Waals surface area contributed by atoms with Crippen molar-refractivity contribution in [3.63, 3.8) is 0 Å². The summed E-state index contributed by atoms with van der Waals surface area (Å²) in [7, 11) is 0. The number of carbonyl (C=O) groups is 2. The number of hydrogen-bond donors (Lipinski definition) is 4. The summed E-state index contributed by atoms with van der Waals surface area (Å²) < 4.78 is 0. The lowest BCUT2D eigenvalue weighted by atomic mass is 10.0. The van der Waals surface area contributed by atoms with E-state index in [4.69, 9.17) is 0 Å². The first-order valence-corrected chi connectivity index (χ1v) is 19.6. The first kappa shape index (κ1) is 41.2. The van der Waals surface area contributed by atoms with Gasteiger partial charge in [-0.1, -0.05) is 141 Å². The van der Waals surface area contributed by atoms with Crippen LogP contribution >= 0.6 is 0 Å². The molecule has 6 heteroatoms. The highest BCUT2D eigenvalue weighted by molar-refractivity contribution is 5.90. The molecular weight excluding hydrogens is 592 g/mol. The van der Waals surface area contributed by atoms with Gasteiger partial charge in [0.1, 0.15) is 0 Å². The minimum absolute atomic E-state index is 0.103. The van der Waals surface area contributed by atoms with Gasteiger partial charge in [-0.25, -0.2) is 9.59 Å². The smallest absolute Gasteiger partial charge is 0.319 e. The van der Waals surface area contributed by atoms with E-state index in [-0.39, 0.29) is 12.1 Å². The van der Waals surface area contributed by atoms with Gasteiger partial charge in [0.05, 0.1) is 0 Å². The van der Waals surface area contributed by atoms with Gasteiger partial charge in [0.25, 0.3) is 0 Å². The average Bonchev–Trinajstić information content (AvgIpc) is 3.01. The normalized spacial score (nSPS) is 11.0. The molecule has 0 fully saturated rings. The summed E-state index contributed by atoms with van der Waals surface area (Å²) in [6, 6.07) is 12.0. The van der Waals surface area contributed by atoms with Gasteiger partial charge in [-0.2, -0.15) is 0 Å². The van der Waals surface area contributed by atoms with Gasteiger partial charge in [-0.3, -0.25) is 0 Å². The third-order valence-corrected chi connectivity index (χ3v) is 9.13. The van der Waals surface area contributed by atoms with Crippen LogP contribution in [0.4, 0.5) is 21.0 Å². The molecule has 270 valence electrons. The summed E-state index contributed by atoms with van der Waals surface area (Å²) >= 11 is 0. The summed E-state index contributed by atoms with van der Waals surface area (Å²) in [5.74, 6) is 0. The van der Waals surface area contributed by atoms with E-state index in [0.717, 1.165) is 59.6 Å². The van der Waals surface area contributed by atoms with Gasteiger partial charge < -0.3 is 21.3 Å². The van der Waals surface area contributed by atoms with E-state index in [2.05, 4.69) is 33.4 Å². The monoisotopic (exact) mass is 663 g/mol. The Bertz CT molecular complexity index is 1020. The van der Waals surface area contributed by atoms with Crippen molar-refractivity contribution in [1.29, 1.82) is 0 Å². The summed E-state index contributed by atoms with van der Waals surface area (Å²) in [4.78, 5) is 24.2. The van der Waals surface area contributed by atoms with Gasteiger partial charge >= 0.3 is 12.1 Å². The van der Waals surface area contributed by atoms with E-state index < -0.39 is 0 Å². The summed E-state index contributed by atoms with van der Waals surface area (Å²) in [5, 5.41) is 11.8. The predicted octanol–water partition coefficient (Wildman–Crippen LogP) is 12.4. The lowest BCUT2D eigenvalue weighted by Crippen LogP contribution is -2.29. The molecule has 2 aromatic rings. The van der Waals surface area contributed by atoms with Crippen molar-refractivity contribution in [2.45, 2.75) is 169 Å². The number of carbonyl (C=O) groups excluding carboxylic acids is 2. The molecule has 4 N–H and O–H groups in total. The molecule has 0 unspecified atom stereocenters. The van der Waals surface area contributed by atoms with Crippen LogP contribution in [0.3, 0.4) is 0 Å². The number of rotatable bonds is 27. The quantitative estimate of drug-likeness (QED) is 0.0718. The van der Waals surface area contributed by atoms with E-state index in [9.17, 15) is 9.59 Å². The van der Waals surface area contributed by atoms with Crippen molar-refractivity contribution in [3.8, 4) is 0 Å². The van der Waals surface area contributed by atoms with Crippen molar-refractivity contribution in [1.82, 2.24) is 10.6 Å². The summed E-state index contributed by atoms with van der Waals surface area (Å²) in [6.07, 6.45) is 29.2. The standard InChI is InChI=1S/C42H70N4O2/c1-35-29-36(2)32-39(31-35)45-41(47)43-27-25-23-21-19-17-15-13-11-9-7-5-6-8-10-12-14-16-18-20-22-24-26-28-44-42(48)46-40-33-37(3)30-38(4)34-40/h29-34H,5-28H2,1-4H3,(H2,43,45,47)(H2,44,46,48). The van der Waals surface area contributed by atoms with E-state index in [1.807, 2.05) is 52.0 Å². The molecule has 0 aliphatic heterocycles. The Balaban J connectivity index is 1.22. The molecule has 2 aromatic carbocycles. The van der Waals surface area contributed by atoms with Crippen LogP contribution in [-0.4, -0.2) is 25.2 Å². The van der Waals surface area contributed by atoms with Gasteiger partial charge in [0.15, 0.2) is 0 Å². The van der Waals surface area contributed by atoms with Crippen LogP contribution in [0, 0.1) is 27.7 Å². The zero-order valence-corrected chi connectivity index (χ0v) is 31.3. The molecule has 0 aromatic heterocycles. The Morgan fingerprint density at radius 3 is 0.792 bits per heavy atom. The number of aryl methyl sites for hydroxylation is 4. The molecule has 0 heterocycles. The molecule has 0 saturated heterocycles. The number of nitrogens with one attached hydrogen (secondary N) is 4. The highest BCUT2D eigenvalue weighted by Crippen LogP contribution is 2.17. The lowest BCUT2D eigenvalue weighted by Gasteiger charge is -2.09. The predicted molar refractivity (Wildman–Crippen MR) is 207 cm³/mol. The maximum absolute atomic E-state index is 12.1. The molecule has 0 atom stereocenters. The fourth-order valence-corrected chi connectivity index (χ4v) is 6.63. The number of amides is 4. The maximum Gasteiger partial charge on any atom is 0.319 e. The Morgan fingerprint density at radius 1 is 0.354 bits per heavy atom. The molecule has 6 nitrogen and oxygen atoms in total. The molecule has 0 spiro atoms. The van der Waals surface area contributed by atoms with Crippen molar-refractivity contribution in [3.05, 3.63) is 58.7 Å². The third-order valence-electron chi connectivity index (χ3n) is 9.13. The van der Waals surface area contributed by atoms with Crippen LogP contribution in [0.25, 0.3) is 0 Å². The first-order chi connectivity index (χ1) is 23.3. The largest absolute Gasteiger partial charge is 0.338 e. The summed E-state index contributed by atoms with van der Waals surface area (Å²) in [5.41, 5.74) is 6.39. The van der Waals surface area contributed by atoms with Crippen LogP contribution < -0.4 is 21.3 Å². The second kappa shape index (κ2) is 26.9. The van der Waals surface area contributed by atoms with Gasteiger partial charge in [-0.15, -0.1) is 0 Å². The topological polar surface area (TPSA) is 82.3 Å². The Kier molecular flexibility index (Phi) is 23.0. The second-order valence-electron chi connectivity index (χ2n) is 14.3. The van der Waals surface area contributed by atoms with Crippen molar-refractivity contribution in [2.24, 2.45) is 0 Å². The molecular formula is C42H70N4O2. The van der Waals surface area contributed by atoms with Gasteiger partial charge in [-0.05, 0) is 87.1 Å². The third kappa shape index (κ3) is 22.5. The number of urea groups is 2. The molecule has 0 aliphatic rings. The number of unbranched alkanes of at least 4 members (excludes halogenated alkanes) is 21. The lowest BCUT2D eigenvalue weighted by molar-refractivity contribution is 0.251. The average molecular weight is 663 g/mol. The highest BCUT2D eigenvalue weighted by Gasteiger charge is 2.04. The van der Waals surface area contributed by atoms with E-state index in [0.29, 0.717) is 0 Å². The SMILES string of the molecule is Cc1cc(C)cc(NC(=O)NCCCCCCCCCCCCCCCCCCCCCCCCNC(=O)Nc2cc(C)cc(C)c2)c1. The zero-order chi connectivity index (χ0) is 34.7. The molecule has 48 heavy (non-hydrogen) atoms. The Hall–Kier alpha value is -3.02.